The number of carbonyl (C=O) groups is 1. The van der Waals surface area contributed by atoms with Gasteiger partial charge in [-0.15, -0.1) is 0 Å². The van der Waals surface area contributed by atoms with E-state index >= 15 is 0 Å². The molecule has 0 unspecified atom stereocenters. The van der Waals surface area contributed by atoms with Gasteiger partial charge in [0.15, 0.2) is 6.29 Å². The predicted molar refractivity (Wildman–Crippen MR) is 90.6 cm³/mol. The molecular formula is C17H16BrFN2O4. The van der Waals surface area contributed by atoms with Crippen LogP contribution in [0, 0.1) is 5.82 Å². The molecule has 1 amide bonds. The van der Waals surface area contributed by atoms with Gasteiger partial charge in [-0.25, -0.2) is 19.7 Å². The maximum atomic E-state index is 13.2. The summed E-state index contributed by atoms with van der Waals surface area (Å²) in [5.41, 5.74) is 2.55. The summed E-state index contributed by atoms with van der Waals surface area (Å²) in [6, 6.07) is 7.13. The molecule has 25 heavy (non-hydrogen) atoms. The largest absolute Gasteiger partial charge is 0.437 e. The normalized spacial score (nSPS) is 17.1. The van der Waals surface area contributed by atoms with Gasteiger partial charge < -0.3 is 9.47 Å². The minimum atomic E-state index is -0.504. The van der Waals surface area contributed by atoms with Crippen molar-refractivity contribution in [2.75, 3.05) is 6.61 Å². The minimum Gasteiger partial charge on any atom is -0.437 e. The van der Waals surface area contributed by atoms with Crippen molar-refractivity contribution < 1.29 is 23.5 Å². The number of aromatic nitrogens is 1. The Morgan fingerprint density at radius 2 is 2.24 bits per heavy atom. The molecule has 1 N–H and O–H groups in total. The second kappa shape index (κ2) is 8.37. The van der Waals surface area contributed by atoms with Crippen LogP contribution >= 0.6 is 15.9 Å². The number of hydroxylamine groups is 1. The van der Waals surface area contributed by atoms with Crippen LogP contribution in [0.3, 0.4) is 0 Å². The van der Waals surface area contributed by atoms with Crippen LogP contribution in [-0.2, 0) is 9.57 Å². The first-order valence-electron chi connectivity index (χ1n) is 7.79. The molecule has 1 aliphatic rings. The number of hydrogen-bond donors (Lipinski definition) is 1. The smallest absolute Gasteiger partial charge is 0.280 e. The average molecular weight is 411 g/mol. The zero-order chi connectivity index (χ0) is 17.6. The van der Waals surface area contributed by atoms with E-state index in [1.54, 1.807) is 12.1 Å². The minimum absolute atomic E-state index is 0.0838. The summed E-state index contributed by atoms with van der Waals surface area (Å²) < 4.78 is 24.6. The highest BCUT2D eigenvalue weighted by molar-refractivity contribution is 9.10. The Morgan fingerprint density at radius 1 is 1.36 bits per heavy atom. The van der Waals surface area contributed by atoms with Crippen molar-refractivity contribution in [1.29, 1.82) is 0 Å². The first-order chi connectivity index (χ1) is 12.1. The van der Waals surface area contributed by atoms with Gasteiger partial charge in [0.1, 0.15) is 17.1 Å². The molecular weight excluding hydrogens is 395 g/mol. The molecule has 1 aromatic heterocycles. The third-order valence-corrected chi connectivity index (χ3v) is 4.16. The van der Waals surface area contributed by atoms with Gasteiger partial charge in [-0.1, -0.05) is 0 Å². The van der Waals surface area contributed by atoms with Gasteiger partial charge in [0.25, 0.3) is 5.91 Å². The van der Waals surface area contributed by atoms with Crippen LogP contribution in [-0.4, -0.2) is 23.8 Å². The molecule has 3 rings (SSSR count). The number of rotatable bonds is 5. The fourth-order valence-corrected chi connectivity index (χ4v) is 2.72. The summed E-state index contributed by atoms with van der Waals surface area (Å²) >= 11 is 3.21. The van der Waals surface area contributed by atoms with Crippen LogP contribution in [0.15, 0.2) is 41.0 Å². The van der Waals surface area contributed by atoms with Crippen molar-refractivity contribution in [3.05, 3.63) is 52.4 Å². The van der Waals surface area contributed by atoms with Crippen LogP contribution in [0.25, 0.3) is 0 Å². The van der Waals surface area contributed by atoms with E-state index in [0.717, 1.165) is 19.3 Å². The van der Waals surface area contributed by atoms with Crippen LogP contribution < -0.4 is 10.2 Å². The first kappa shape index (κ1) is 17.8. The van der Waals surface area contributed by atoms with E-state index in [9.17, 15) is 9.18 Å². The summed E-state index contributed by atoms with van der Waals surface area (Å²) in [4.78, 5) is 21.7. The fourth-order valence-electron chi connectivity index (χ4n) is 2.29. The van der Waals surface area contributed by atoms with E-state index in [-0.39, 0.29) is 11.4 Å². The molecule has 0 aliphatic carbocycles. The van der Waals surface area contributed by atoms with Crippen molar-refractivity contribution >= 4 is 21.8 Å². The second-order valence-corrected chi connectivity index (χ2v) is 6.23. The van der Waals surface area contributed by atoms with E-state index in [2.05, 4.69) is 26.4 Å². The van der Waals surface area contributed by atoms with E-state index < -0.39 is 18.0 Å². The number of pyridine rings is 1. The van der Waals surface area contributed by atoms with E-state index in [1.807, 2.05) is 0 Å². The molecule has 2 heterocycles. The van der Waals surface area contributed by atoms with Gasteiger partial charge in [-0.05, 0) is 59.1 Å². The lowest BCUT2D eigenvalue weighted by atomic mass is 10.2. The summed E-state index contributed by atoms with van der Waals surface area (Å²) in [5, 5.41) is 0. The van der Waals surface area contributed by atoms with Gasteiger partial charge in [-0.3, -0.25) is 4.79 Å². The number of amides is 1. The van der Waals surface area contributed by atoms with Gasteiger partial charge >= 0.3 is 0 Å². The van der Waals surface area contributed by atoms with Gasteiger partial charge in [0.05, 0.1) is 4.47 Å². The molecule has 6 nitrogen and oxygen atoms in total. The highest BCUT2D eigenvalue weighted by Gasteiger charge is 2.19. The lowest BCUT2D eigenvalue weighted by Crippen LogP contribution is -2.33. The maximum Gasteiger partial charge on any atom is 0.280 e. The Morgan fingerprint density at radius 3 is 3.00 bits per heavy atom. The number of carbonyl (C=O) groups excluding carboxylic acids is 1. The molecule has 8 heteroatoms. The van der Waals surface area contributed by atoms with Gasteiger partial charge in [0.2, 0.25) is 5.88 Å². The SMILES string of the molecule is O=C(NO[C@H]1CCCCO1)c1cccnc1Oc1ccc(F)cc1Br. The molecule has 1 fully saturated rings. The Hall–Kier alpha value is -2.03. The molecule has 0 saturated carbocycles. The third-order valence-electron chi connectivity index (χ3n) is 3.54. The molecule has 1 atom stereocenters. The summed E-state index contributed by atoms with van der Waals surface area (Å²) in [6.07, 6.45) is 3.74. The number of nitrogens with zero attached hydrogens (tertiary/aromatic N) is 1. The Bertz CT molecular complexity index is 753. The standard InChI is InChI=1S/C17H16BrFN2O4/c18-13-10-11(19)6-7-14(13)24-17-12(4-3-8-20-17)16(22)21-25-15-5-1-2-9-23-15/h3-4,6-8,10,15H,1-2,5,9H2,(H,21,22)/t15-/m0/s1. The molecule has 0 spiro atoms. The fraction of sp³-hybridized carbons (Fsp3) is 0.294. The summed E-state index contributed by atoms with van der Waals surface area (Å²) in [6.45, 7) is 0.611. The highest BCUT2D eigenvalue weighted by atomic mass is 79.9. The molecule has 1 aliphatic heterocycles. The quantitative estimate of drug-likeness (QED) is 0.755. The summed E-state index contributed by atoms with van der Waals surface area (Å²) in [7, 11) is 0. The van der Waals surface area contributed by atoms with Gasteiger partial charge in [-0.2, -0.15) is 0 Å². The van der Waals surface area contributed by atoms with Crippen molar-refractivity contribution in [1.82, 2.24) is 10.5 Å². The van der Waals surface area contributed by atoms with Crippen molar-refractivity contribution in [2.24, 2.45) is 0 Å². The lowest BCUT2D eigenvalue weighted by Gasteiger charge is -2.22. The molecule has 132 valence electrons. The van der Waals surface area contributed by atoms with E-state index in [1.165, 1.54) is 24.4 Å². The highest BCUT2D eigenvalue weighted by Crippen LogP contribution is 2.30. The lowest BCUT2D eigenvalue weighted by molar-refractivity contribution is -0.186. The molecule has 1 saturated heterocycles. The zero-order valence-electron chi connectivity index (χ0n) is 13.2. The van der Waals surface area contributed by atoms with E-state index in [0.29, 0.717) is 16.8 Å². The van der Waals surface area contributed by atoms with E-state index in [4.69, 9.17) is 14.3 Å². The number of ether oxygens (including phenoxy) is 2. The predicted octanol–water partition coefficient (Wildman–Crippen LogP) is 3.96. The molecule has 1 aromatic carbocycles. The topological polar surface area (TPSA) is 69.7 Å². The Labute approximate surface area is 152 Å². The maximum absolute atomic E-state index is 13.2. The molecule has 0 radical (unpaired) electrons. The first-order valence-corrected chi connectivity index (χ1v) is 8.58. The number of hydrogen-bond acceptors (Lipinski definition) is 5. The second-order valence-electron chi connectivity index (χ2n) is 5.38. The Balaban J connectivity index is 1.70. The van der Waals surface area contributed by atoms with Crippen molar-refractivity contribution in [2.45, 2.75) is 25.6 Å². The van der Waals surface area contributed by atoms with Crippen molar-refractivity contribution in [3.63, 3.8) is 0 Å². The van der Waals surface area contributed by atoms with Crippen LogP contribution in [0.1, 0.15) is 29.6 Å². The number of nitrogens with one attached hydrogen (secondary N) is 1. The average Bonchev–Trinajstić information content (AvgIpc) is 2.63. The zero-order valence-corrected chi connectivity index (χ0v) is 14.8. The van der Waals surface area contributed by atoms with Crippen LogP contribution in [0.5, 0.6) is 11.6 Å². The third kappa shape index (κ3) is 4.75. The Kier molecular flexibility index (Phi) is 5.95. The van der Waals surface area contributed by atoms with Crippen LogP contribution in [0.4, 0.5) is 4.39 Å². The molecule has 2 aromatic rings. The monoisotopic (exact) mass is 410 g/mol. The number of benzene rings is 1. The van der Waals surface area contributed by atoms with Crippen molar-refractivity contribution in [3.8, 4) is 11.6 Å². The van der Waals surface area contributed by atoms with Gasteiger partial charge in [0, 0.05) is 19.2 Å². The number of halogens is 2. The molecule has 0 bridgehead atoms. The van der Waals surface area contributed by atoms with Crippen LogP contribution in [0.2, 0.25) is 0 Å². The summed E-state index contributed by atoms with van der Waals surface area (Å²) in [5.74, 6) is -0.485.